The van der Waals surface area contributed by atoms with E-state index in [-0.39, 0.29) is 6.10 Å². The van der Waals surface area contributed by atoms with Crippen molar-refractivity contribution in [1.82, 2.24) is 28.9 Å². The summed E-state index contributed by atoms with van der Waals surface area (Å²) in [5, 5.41) is 8.94. The van der Waals surface area contributed by atoms with E-state index in [1.807, 2.05) is 68.3 Å². The molecule has 1 saturated carbocycles. The zero-order valence-electron chi connectivity index (χ0n) is 20.8. The molecule has 4 heterocycles. The van der Waals surface area contributed by atoms with Crippen LogP contribution in [0.3, 0.4) is 0 Å². The van der Waals surface area contributed by atoms with E-state index in [0.29, 0.717) is 27.7 Å². The van der Waals surface area contributed by atoms with Crippen molar-refractivity contribution in [2.75, 3.05) is 5.32 Å². The molecular weight excluding hydrogens is 490 g/mol. The highest BCUT2D eigenvalue weighted by atomic mass is 35.5. The van der Waals surface area contributed by atoms with Crippen LogP contribution in [0.4, 0.5) is 16.3 Å². The van der Waals surface area contributed by atoms with Crippen molar-refractivity contribution < 1.29 is 9.53 Å². The summed E-state index contributed by atoms with van der Waals surface area (Å²) in [6.45, 7) is 1.96. The number of halogens is 1. The van der Waals surface area contributed by atoms with Gasteiger partial charge in [0.05, 0.1) is 40.0 Å². The second-order valence-corrected chi connectivity index (χ2v) is 9.81. The topological polar surface area (TPSA) is 91.8 Å². The summed E-state index contributed by atoms with van der Waals surface area (Å²) in [4.78, 5) is 22.2. The van der Waals surface area contributed by atoms with Gasteiger partial charge >= 0.3 is 6.09 Å². The number of imidazole rings is 1. The number of aromatic nitrogens is 6. The molecule has 0 amide bonds. The third kappa shape index (κ3) is 4.25. The normalized spacial score (nSPS) is 13.6. The van der Waals surface area contributed by atoms with Crippen molar-refractivity contribution in [2.24, 2.45) is 14.1 Å². The smallest absolute Gasteiger partial charge is 0.419 e. The number of benzene rings is 1. The van der Waals surface area contributed by atoms with Gasteiger partial charge in [0, 0.05) is 49.1 Å². The number of hydrogen-bond donors (Lipinski definition) is 1. The van der Waals surface area contributed by atoms with Crippen LogP contribution >= 0.6 is 11.6 Å². The van der Waals surface area contributed by atoms with Crippen molar-refractivity contribution in [3.8, 4) is 22.5 Å². The molecule has 0 saturated heterocycles. The second-order valence-electron chi connectivity index (χ2n) is 9.40. The van der Waals surface area contributed by atoms with Gasteiger partial charge in [0.1, 0.15) is 17.7 Å². The number of hydrogen-bond acceptors (Lipinski definition) is 6. The number of aryl methyl sites for hydroxylation is 2. The van der Waals surface area contributed by atoms with Gasteiger partial charge in [-0.1, -0.05) is 17.7 Å². The maximum Gasteiger partial charge on any atom is 0.419 e. The van der Waals surface area contributed by atoms with Gasteiger partial charge in [0.15, 0.2) is 0 Å². The summed E-state index contributed by atoms with van der Waals surface area (Å²) in [6, 6.07) is 9.58. The summed E-state index contributed by atoms with van der Waals surface area (Å²) in [5.74, 6) is 1.49. The van der Waals surface area contributed by atoms with Crippen LogP contribution in [-0.2, 0) is 18.8 Å². The third-order valence-electron chi connectivity index (χ3n) is 6.94. The predicted octanol–water partition coefficient (Wildman–Crippen LogP) is 6.08. The van der Waals surface area contributed by atoms with E-state index in [4.69, 9.17) is 16.3 Å². The minimum Gasteiger partial charge on any atom is -0.446 e. The fourth-order valence-electron chi connectivity index (χ4n) is 4.50. The molecule has 0 unspecified atom stereocenters. The molecule has 9 nitrogen and oxygen atoms in total. The molecule has 1 aromatic carbocycles. The molecule has 0 aliphatic heterocycles. The summed E-state index contributed by atoms with van der Waals surface area (Å²) >= 11 is 6.65. The van der Waals surface area contributed by atoms with Crippen LogP contribution in [0.2, 0.25) is 5.02 Å². The maximum absolute atomic E-state index is 13.3. The molecule has 10 heteroatoms. The summed E-state index contributed by atoms with van der Waals surface area (Å²) < 4.78 is 11.1. The Morgan fingerprint density at radius 2 is 1.89 bits per heavy atom. The van der Waals surface area contributed by atoms with Crippen LogP contribution in [0.5, 0.6) is 0 Å². The first-order chi connectivity index (χ1) is 17.9. The van der Waals surface area contributed by atoms with E-state index in [1.165, 1.54) is 0 Å². The molecule has 4 aromatic heterocycles. The lowest BCUT2D eigenvalue weighted by atomic mass is 9.96. The zero-order valence-corrected chi connectivity index (χ0v) is 21.5. The van der Waals surface area contributed by atoms with E-state index >= 15 is 0 Å². The Labute approximate surface area is 218 Å². The molecule has 37 heavy (non-hydrogen) atoms. The van der Waals surface area contributed by atoms with Crippen LogP contribution in [0.1, 0.15) is 25.1 Å². The van der Waals surface area contributed by atoms with Gasteiger partial charge in [-0.25, -0.2) is 19.3 Å². The van der Waals surface area contributed by atoms with Gasteiger partial charge in [0.25, 0.3) is 0 Å². The summed E-state index contributed by atoms with van der Waals surface area (Å²) in [7, 11) is 3.82. The van der Waals surface area contributed by atoms with Crippen LogP contribution in [0.25, 0.3) is 33.4 Å². The number of nitrogens with one attached hydrogen (secondary N) is 1. The van der Waals surface area contributed by atoms with Crippen molar-refractivity contribution in [1.29, 1.82) is 0 Å². The highest BCUT2D eigenvalue weighted by Gasteiger charge is 2.26. The first-order valence-electron chi connectivity index (χ1n) is 12.1. The Balaban J connectivity index is 1.36. The van der Waals surface area contributed by atoms with Crippen LogP contribution < -0.4 is 5.32 Å². The third-order valence-corrected chi connectivity index (χ3v) is 7.25. The van der Waals surface area contributed by atoms with Gasteiger partial charge < -0.3 is 14.6 Å². The van der Waals surface area contributed by atoms with Crippen LogP contribution in [-0.4, -0.2) is 41.1 Å². The van der Waals surface area contributed by atoms with E-state index in [0.717, 1.165) is 47.3 Å². The lowest BCUT2D eigenvalue weighted by molar-refractivity contribution is 0.0543. The van der Waals surface area contributed by atoms with E-state index in [2.05, 4.69) is 20.4 Å². The number of carbonyl (C=O) groups excluding carboxylic acids is 1. The zero-order chi connectivity index (χ0) is 25.7. The summed E-state index contributed by atoms with van der Waals surface area (Å²) in [6.07, 6.45) is 9.63. The number of pyridine rings is 1. The minimum atomic E-state index is -0.399. The fraction of sp³-hybridized carbons (Fsp3) is 0.259. The number of rotatable bonds is 5. The van der Waals surface area contributed by atoms with Crippen LogP contribution in [0, 0.1) is 6.92 Å². The average molecular weight is 516 g/mol. The fourth-order valence-corrected chi connectivity index (χ4v) is 4.73. The molecule has 1 N–H and O–H groups in total. The Bertz CT molecular complexity index is 1640. The van der Waals surface area contributed by atoms with E-state index in [1.54, 1.807) is 21.6 Å². The van der Waals surface area contributed by atoms with Gasteiger partial charge in [-0.15, -0.1) is 0 Å². The molecule has 1 fully saturated rings. The number of fused-ring (bicyclic) bond motifs is 1. The number of nitrogens with zero attached hydrogens (tertiary/aromatic N) is 6. The molecule has 5 aromatic rings. The summed E-state index contributed by atoms with van der Waals surface area (Å²) in [5.41, 5.74) is 4.88. The van der Waals surface area contributed by atoms with E-state index < -0.39 is 6.09 Å². The molecule has 6 rings (SSSR count). The number of ether oxygens (including phenoxy) is 1. The average Bonchev–Trinajstić information content (AvgIpc) is 3.54. The molecule has 1 aliphatic rings. The monoisotopic (exact) mass is 515 g/mol. The molecule has 0 atom stereocenters. The quantitative estimate of drug-likeness (QED) is 0.305. The van der Waals surface area contributed by atoms with Crippen LogP contribution in [0.15, 0.2) is 55.1 Å². The highest BCUT2D eigenvalue weighted by Crippen LogP contribution is 2.34. The Hall–Kier alpha value is -4.11. The second kappa shape index (κ2) is 9.08. The SMILES string of the molecule is Cc1ncc(-c2ccc(Nc3cc4c(cn3)cc(-c3cnn(C)c3)n4C(=O)OC3CCC3)c(Cl)c2)n1C. The van der Waals surface area contributed by atoms with Crippen molar-refractivity contribution >= 4 is 40.1 Å². The Morgan fingerprint density at radius 1 is 1.05 bits per heavy atom. The molecule has 188 valence electrons. The van der Waals surface area contributed by atoms with Gasteiger partial charge in [-0.2, -0.15) is 5.10 Å². The van der Waals surface area contributed by atoms with Crippen molar-refractivity contribution in [3.63, 3.8) is 0 Å². The lowest BCUT2D eigenvalue weighted by Gasteiger charge is -2.25. The van der Waals surface area contributed by atoms with Gasteiger partial charge in [0.2, 0.25) is 0 Å². The largest absolute Gasteiger partial charge is 0.446 e. The van der Waals surface area contributed by atoms with Gasteiger partial charge in [-0.3, -0.25) is 4.68 Å². The van der Waals surface area contributed by atoms with E-state index in [9.17, 15) is 4.79 Å². The number of anilines is 2. The molecule has 1 aliphatic carbocycles. The molecule has 0 radical (unpaired) electrons. The van der Waals surface area contributed by atoms with Crippen molar-refractivity contribution in [2.45, 2.75) is 32.3 Å². The minimum absolute atomic E-state index is 0.0355. The molecule has 0 bridgehead atoms. The first-order valence-corrected chi connectivity index (χ1v) is 12.5. The highest BCUT2D eigenvalue weighted by molar-refractivity contribution is 6.33. The first kappa shape index (κ1) is 23.3. The number of carbonyl (C=O) groups is 1. The molecular formula is C27H26ClN7O2. The maximum atomic E-state index is 13.3. The van der Waals surface area contributed by atoms with Crippen molar-refractivity contribution in [3.05, 3.63) is 66.0 Å². The Kier molecular flexibility index (Phi) is 5.72. The Morgan fingerprint density at radius 3 is 2.54 bits per heavy atom. The predicted molar refractivity (Wildman–Crippen MR) is 143 cm³/mol. The van der Waals surface area contributed by atoms with Gasteiger partial charge in [-0.05, 0) is 44.4 Å². The standard InChI is InChI=1S/C27H26ClN7O2/c1-16-29-14-25(34(16)3)17-7-8-22(21(28)9-17)32-26-11-24-18(12-30-26)10-23(19-13-31-33(2)15-19)35(24)27(36)37-20-5-4-6-20/h7-15,20H,4-6H2,1-3H3,(H,30,32). The lowest BCUT2D eigenvalue weighted by Crippen LogP contribution is -2.27. The molecule has 0 spiro atoms.